The van der Waals surface area contributed by atoms with Crippen molar-refractivity contribution in [3.8, 4) is 0 Å². The Morgan fingerprint density at radius 3 is 2.89 bits per heavy atom. The first-order chi connectivity index (χ1) is 9.16. The summed E-state index contributed by atoms with van der Waals surface area (Å²) in [7, 11) is 0. The van der Waals surface area contributed by atoms with Crippen molar-refractivity contribution in [3.05, 3.63) is 52.3 Å². The molecule has 8 heteroatoms. The third kappa shape index (κ3) is 3.22. The van der Waals surface area contributed by atoms with Crippen molar-refractivity contribution < 1.29 is 9.72 Å². The maximum Gasteiger partial charge on any atom is 0.276 e. The largest absolute Gasteiger partial charge is 0.291 e. The Balaban J connectivity index is 2.10. The van der Waals surface area contributed by atoms with Crippen molar-refractivity contribution in [1.29, 1.82) is 0 Å². The first-order valence-electron chi connectivity index (χ1n) is 5.24. The molecule has 0 aliphatic rings. The second kappa shape index (κ2) is 5.54. The summed E-state index contributed by atoms with van der Waals surface area (Å²) < 4.78 is 0. The molecule has 2 rings (SSSR count). The number of H-pyrrole nitrogens is 1. The van der Waals surface area contributed by atoms with E-state index in [1.54, 1.807) is 18.2 Å². The number of amides is 1. The lowest BCUT2D eigenvalue weighted by Gasteiger charge is -1.97. The lowest BCUT2D eigenvalue weighted by atomic mass is 10.1. The van der Waals surface area contributed by atoms with E-state index in [1.807, 2.05) is 0 Å². The Morgan fingerprint density at radius 2 is 2.21 bits per heavy atom. The monoisotopic (exact) mass is 259 g/mol. The number of aromatic amines is 1. The van der Waals surface area contributed by atoms with E-state index in [0.717, 1.165) is 0 Å². The second-order valence-corrected chi connectivity index (χ2v) is 3.47. The first kappa shape index (κ1) is 12.4. The van der Waals surface area contributed by atoms with Gasteiger partial charge in [-0.25, -0.2) is 5.10 Å². The number of benzene rings is 1. The van der Waals surface area contributed by atoms with Crippen molar-refractivity contribution >= 4 is 23.6 Å². The Hall–Kier alpha value is -3.03. The molecule has 0 saturated heterocycles. The maximum absolute atomic E-state index is 11.5. The van der Waals surface area contributed by atoms with Gasteiger partial charge in [0.05, 0.1) is 10.5 Å². The molecule has 2 N–H and O–H groups in total. The van der Waals surface area contributed by atoms with E-state index in [2.05, 4.69) is 20.5 Å². The highest BCUT2D eigenvalue weighted by Crippen LogP contribution is 2.18. The Labute approximate surface area is 107 Å². The van der Waals surface area contributed by atoms with Crippen LogP contribution in [0.5, 0.6) is 0 Å². The molecule has 2 aromatic rings. The van der Waals surface area contributed by atoms with Crippen LogP contribution in [0.15, 0.2) is 36.7 Å². The van der Waals surface area contributed by atoms with Crippen molar-refractivity contribution in [1.82, 2.24) is 15.2 Å². The third-order valence-corrected chi connectivity index (χ3v) is 2.20. The fraction of sp³-hybridized carbons (Fsp3) is 0. The third-order valence-electron chi connectivity index (χ3n) is 2.20. The molecule has 0 unspecified atom stereocenters. The predicted molar refractivity (Wildman–Crippen MR) is 67.1 cm³/mol. The number of anilines is 1. The van der Waals surface area contributed by atoms with Crippen molar-refractivity contribution in [2.24, 2.45) is 0 Å². The summed E-state index contributed by atoms with van der Waals surface area (Å²) in [6, 6.07) is 6.13. The van der Waals surface area contributed by atoms with Crippen LogP contribution in [-0.2, 0) is 4.79 Å². The number of nitrogens with zero attached hydrogens (tertiary/aromatic N) is 3. The molecule has 0 saturated carbocycles. The zero-order valence-electron chi connectivity index (χ0n) is 9.61. The Morgan fingerprint density at radius 1 is 1.42 bits per heavy atom. The van der Waals surface area contributed by atoms with Gasteiger partial charge >= 0.3 is 0 Å². The number of hydrogen-bond donors (Lipinski definition) is 2. The molecular formula is C11H9N5O3. The van der Waals surface area contributed by atoms with Gasteiger partial charge in [-0.15, -0.1) is 0 Å². The fourth-order valence-corrected chi connectivity index (χ4v) is 1.38. The van der Waals surface area contributed by atoms with Crippen molar-refractivity contribution in [2.75, 3.05) is 5.32 Å². The van der Waals surface area contributed by atoms with Gasteiger partial charge in [0.15, 0.2) is 0 Å². The molecular weight excluding hydrogens is 250 g/mol. The van der Waals surface area contributed by atoms with E-state index in [-0.39, 0.29) is 11.6 Å². The van der Waals surface area contributed by atoms with E-state index in [1.165, 1.54) is 24.5 Å². The summed E-state index contributed by atoms with van der Waals surface area (Å²) >= 11 is 0. The number of para-hydroxylation sites is 1. The SMILES string of the molecule is O=C(C=Cc1ccccc1[N+](=O)[O-])Nc1ncn[nH]1. The smallest absolute Gasteiger partial charge is 0.276 e. The molecule has 19 heavy (non-hydrogen) atoms. The summed E-state index contributed by atoms with van der Waals surface area (Å²) in [6.07, 6.45) is 3.80. The van der Waals surface area contributed by atoms with Gasteiger partial charge in [-0.2, -0.15) is 10.1 Å². The van der Waals surface area contributed by atoms with E-state index in [0.29, 0.717) is 5.56 Å². The quantitative estimate of drug-likeness (QED) is 0.489. The minimum atomic E-state index is -0.506. The molecule has 0 atom stereocenters. The first-order valence-corrected chi connectivity index (χ1v) is 5.24. The summed E-state index contributed by atoms with van der Waals surface area (Å²) in [5.74, 6) is -0.257. The highest BCUT2D eigenvalue weighted by atomic mass is 16.6. The average molecular weight is 259 g/mol. The van der Waals surface area contributed by atoms with Gasteiger partial charge in [-0.3, -0.25) is 20.2 Å². The summed E-state index contributed by atoms with van der Waals surface area (Å²) in [5.41, 5.74) is 0.284. The van der Waals surface area contributed by atoms with Crippen LogP contribution in [0.4, 0.5) is 11.6 Å². The molecule has 0 spiro atoms. The van der Waals surface area contributed by atoms with Crippen molar-refractivity contribution in [2.45, 2.75) is 0 Å². The van der Waals surface area contributed by atoms with Gasteiger partial charge in [0.25, 0.3) is 11.6 Å². The highest BCUT2D eigenvalue weighted by molar-refractivity contribution is 6.01. The molecule has 0 aliphatic heterocycles. The zero-order chi connectivity index (χ0) is 13.7. The van der Waals surface area contributed by atoms with E-state index in [4.69, 9.17) is 0 Å². The molecule has 1 heterocycles. The van der Waals surface area contributed by atoms with Crippen LogP contribution in [0.25, 0.3) is 6.08 Å². The lowest BCUT2D eigenvalue weighted by molar-refractivity contribution is -0.385. The molecule has 96 valence electrons. The average Bonchev–Trinajstić information content (AvgIpc) is 2.89. The standard InChI is InChI=1S/C11H9N5O3/c17-10(14-11-12-7-13-15-11)6-5-8-3-1-2-4-9(8)16(18)19/h1-7H,(H2,12,13,14,15,17). The predicted octanol–water partition coefficient (Wildman–Crippen LogP) is 1.36. The maximum atomic E-state index is 11.5. The molecule has 0 aliphatic carbocycles. The fourth-order valence-electron chi connectivity index (χ4n) is 1.38. The van der Waals surface area contributed by atoms with E-state index < -0.39 is 10.8 Å². The molecule has 1 aromatic carbocycles. The number of nitro groups is 1. The lowest BCUT2D eigenvalue weighted by Crippen LogP contribution is -2.09. The number of aromatic nitrogens is 3. The summed E-state index contributed by atoms with van der Waals surface area (Å²) in [5, 5.41) is 19.2. The van der Waals surface area contributed by atoms with Gasteiger partial charge in [0.1, 0.15) is 6.33 Å². The van der Waals surface area contributed by atoms with Crippen LogP contribution in [0, 0.1) is 10.1 Å². The van der Waals surface area contributed by atoms with Crippen molar-refractivity contribution in [3.63, 3.8) is 0 Å². The number of nitrogens with one attached hydrogen (secondary N) is 2. The van der Waals surface area contributed by atoms with Crippen LogP contribution >= 0.6 is 0 Å². The molecule has 1 aromatic heterocycles. The van der Waals surface area contributed by atoms with Gasteiger partial charge in [0, 0.05) is 12.1 Å². The second-order valence-electron chi connectivity index (χ2n) is 3.47. The Bertz CT molecular complexity index is 621. The number of carbonyl (C=O) groups is 1. The van der Waals surface area contributed by atoms with E-state index >= 15 is 0 Å². The molecule has 1 amide bonds. The number of carbonyl (C=O) groups excluding carboxylic acids is 1. The van der Waals surface area contributed by atoms with Gasteiger partial charge in [0.2, 0.25) is 5.95 Å². The van der Waals surface area contributed by atoms with Crippen LogP contribution < -0.4 is 5.32 Å². The minimum absolute atomic E-state index is 0.0637. The summed E-state index contributed by atoms with van der Waals surface area (Å²) in [6.45, 7) is 0. The molecule has 0 fully saturated rings. The van der Waals surface area contributed by atoms with Crippen LogP contribution in [0.1, 0.15) is 5.56 Å². The zero-order valence-corrected chi connectivity index (χ0v) is 9.61. The van der Waals surface area contributed by atoms with Crippen LogP contribution in [0.2, 0.25) is 0 Å². The topological polar surface area (TPSA) is 114 Å². The molecule has 0 bridgehead atoms. The number of hydrogen-bond acceptors (Lipinski definition) is 5. The Kier molecular flexibility index (Phi) is 3.62. The molecule has 0 radical (unpaired) electrons. The van der Waals surface area contributed by atoms with Gasteiger partial charge in [-0.1, -0.05) is 12.1 Å². The van der Waals surface area contributed by atoms with Crippen LogP contribution in [0.3, 0.4) is 0 Å². The van der Waals surface area contributed by atoms with Crippen LogP contribution in [-0.4, -0.2) is 26.0 Å². The van der Waals surface area contributed by atoms with E-state index in [9.17, 15) is 14.9 Å². The van der Waals surface area contributed by atoms with Gasteiger partial charge < -0.3 is 0 Å². The van der Waals surface area contributed by atoms with Gasteiger partial charge in [-0.05, 0) is 12.1 Å². The normalized spacial score (nSPS) is 10.5. The highest BCUT2D eigenvalue weighted by Gasteiger charge is 2.09. The summed E-state index contributed by atoms with van der Waals surface area (Å²) in [4.78, 5) is 25.5. The number of nitro benzene ring substituents is 1. The number of rotatable bonds is 4. The minimum Gasteiger partial charge on any atom is -0.291 e. The molecule has 8 nitrogen and oxygen atoms in total.